The van der Waals surface area contributed by atoms with Gasteiger partial charge in [0.1, 0.15) is 0 Å². The van der Waals surface area contributed by atoms with Crippen molar-refractivity contribution in [3.63, 3.8) is 0 Å². The molecule has 1 aliphatic heterocycles. The van der Waals surface area contributed by atoms with Crippen LogP contribution in [-0.4, -0.2) is 29.3 Å². The SMILES string of the molecule is O=C(Nc1ccc(Cl)cc1C(=O)Nc1ncccc1Cl)c1ccc(N2CCCCC2=O)cc1. The first kappa shape index (κ1) is 22.8. The van der Waals surface area contributed by atoms with Crippen molar-refractivity contribution in [3.05, 3.63) is 82.0 Å². The Morgan fingerprint density at radius 3 is 2.45 bits per heavy atom. The van der Waals surface area contributed by atoms with Crippen LogP contribution >= 0.6 is 23.2 Å². The molecule has 0 bridgehead atoms. The fraction of sp³-hybridized carbons (Fsp3) is 0.167. The maximum atomic E-state index is 12.9. The molecule has 0 atom stereocenters. The van der Waals surface area contributed by atoms with Crippen LogP contribution in [0.2, 0.25) is 10.0 Å². The van der Waals surface area contributed by atoms with Crippen molar-refractivity contribution < 1.29 is 14.4 Å². The third-order valence-corrected chi connectivity index (χ3v) is 5.77. The number of halogens is 2. The summed E-state index contributed by atoms with van der Waals surface area (Å²) >= 11 is 12.2. The molecule has 2 aromatic carbocycles. The summed E-state index contributed by atoms with van der Waals surface area (Å²) in [5, 5.41) is 5.99. The molecule has 9 heteroatoms. The third kappa shape index (κ3) is 5.32. The zero-order valence-corrected chi connectivity index (χ0v) is 19.0. The van der Waals surface area contributed by atoms with Crippen LogP contribution in [0.3, 0.4) is 0 Å². The number of piperidine rings is 1. The first-order chi connectivity index (χ1) is 15.9. The molecule has 168 valence electrons. The number of pyridine rings is 1. The molecule has 0 saturated carbocycles. The number of anilines is 3. The third-order valence-electron chi connectivity index (χ3n) is 5.23. The van der Waals surface area contributed by atoms with Crippen LogP contribution in [0.4, 0.5) is 17.2 Å². The Balaban J connectivity index is 1.52. The van der Waals surface area contributed by atoms with Crippen molar-refractivity contribution in [1.29, 1.82) is 0 Å². The van der Waals surface area contributed by atoms with E-state index in [0.29, 0.717) is 23.6 Å². The molecule has 33 heavy (non-hydrogen) atoms. The standard InChI is InChI=1S/C24H20Cl2N4O3/c25-16-8-11-20(18(14-16)24(33)29-22-19(26)4-3-12-27-22)28-23(32)15-6-9-17(10-7-15)30-13-2-1-5-21(30)31/h3-4,6-12,14H,1-2,5,13H2,(H,28,32)(H,27,29,33). The molecule has 1 aliphatic rings. The Morgan fingerprint density at radius 2 is 1.73 bits per heavy atom. The summed E-state index contributed by atoms with van der Waals surface area (Å²) in [6, 6.07) is 14.6. The van der Waals surface area contributed by atoms with Crippen LogP contribution in [0.1, 0.15) is 40.0 Å². The van der Waals surface area contributed by atoms with E-state index in [0.717, 1.165) is 18.5 Å². The van der Waals surface area contributed by atoms with E-state index >= 15 is 0 Å². The minimum atomic E-state index is -0.521. The number of carbonyl (C=O) groups excluding carboxylic acids is 3. The summed E-state index contributed by atoms with van der Waals surface area (Å²) in [5.74, 6) is -0.640. The van der Waals surface area contributed by atoms with Crippen molar-refractivity contribution in [2.75, 3.05) is 22.1 Å². The van der Waals surface area contributed by atoms with Gasteiger partial charge in [-0.2, -0.15) is 0 Å². The van der Waals surface area contributed by atoms with E-state index in [1.54, 1.807) is 53.4 Å². The lowest BCUT2D eigenvalue weighted by atomic mass is 10.1. The van der Waals surface area contributed by atoms with Gasteiger partial charge in [0.25, 0.3) is 11.8 Å². The number of amides is 3. The zero-order valence-electron chi connectivity index (χ0n) is 17.5. The van der Waals surface area contributed by atoms with Crippen molar-refractivity contribution in [2.24, 2.45) is 0 Å². The Hall–Kier alpha value is -3.42. The fourth-order valence-corrected chi connectivity index (χ4v) is 3.87. The van der Waals surface area contributed by atoms with Crippen LogP contribution in [0.25, 0.3) is 0 Å². The van der Waals surface area contributed by atoms with Crippen molar-refractivity contribution in [2.45, 2.75) is 19.3 Å². The number of carbonyl (C=O) groups is 3. The number of hydrogen-bond acceptors (Lipinski definition) is 4. The number of rotatable bonds is 5. The largest absolute Gasteiger partial charge is 0.321 e. The van der Waals surface area contributed by atoms with Gasteiger partial charge >= 0.3 is 0 Å². The summed E-state index contributed by atoms with van der Waals surface area (Å²) in [6.07, 6.45) is 3.90. The lowest BCUT2D eigenvalue weighted by molar-refractivity contribution is -0.119. The molecule has 3 amide bonds. The van der Waals surface area contributed by atoms with Crippen LogP contribution in [0.15, 0.2) is 60.8 Å². The number of aromatic nitrogens is 1. The summed E-state index contributed by atoms with van der Waals surface area (Å²) in [7, 11) is 0. The molecule has 4 rings (SSSR count). The van der Waals surface area contributed by atoms with Gasteiger partial charge in [-0.25, -0.2) is 4.98 Å². The molecule has 1 aromatic heterocycles. The lowest BCUT2D eigenvalue weighted by Gasteiger charge is -2.26. The average Bonchev–Trinajstić information content (AvgIpc) is 2.82. The average molecular weight is 483 g/mol. The van der Waals surface area contributed by atoms with E-state index in [4.69, 9.17) is 23.2 Å². The molecular formula is C24H20Cl2N4O3. The minimum Gasteiger partial charge on any atom is -0.321 e. The molecule has 0 spiro atoms. The minimum absolute atomic E-state index is 0.0864. The monoisotopic (exact) mass is 482 g/mol. The quantitative estimate of drug-likeness (QED) is 0.508. The van der Waals surface area contributed by atoms with Gasteiger partial charge in [-0.15, -0.1) is 0 Å². The molecule has 0 unspecified atom stereocenters. The van der Waals surface area contributed by atoms with Gasteiger partial charge in [-0.1, -0.05) is 23.2 Å². The van der Waals surface area contributed by atoms with Crippen LogP contribution in [0.5, 0.6) is 0 Å². The number of hydrogen-bond donors (Lipinski definition) is 2. The van der Waals surface area contributed by atoms with Crippen LogP contribution < -0.4 is 15.5 Å². The zero-order chi connectivity index (χ0) is 23.4. The van der Waals surface area contributed by atoms with Gasteiger partial charge in [-0.3, -0.25) is 14.4 Å². The van der Waals surface area contributed by atoms with E-state index in [-0.39, 0.29) is 28.0 Å². The highest BCUT2D eigenvalue weighted by Crippen LogP contribution is 2.25. The lowest BCUT2D eigenvalue weighted by Crippen LogP contribution is -2.35. The maximum Gasteiger partial charge on any atom is 0.259 e. The van der Waals surface area contributed by atoms with E-state index in [1.165, 1.54) is 12.3 Å². The highest BCUT2D eigenvalue weighted by Gasteiger charge is 2.20. The molecule has 2 heterocycles. The molecule has 2 N–H and O–H groups in total. The van der Waals surface area contributed by atoms with Gasteiger partial charge in [0.05, 0.1) is 16.3 Å². The maximum absolute atomic E-state index is 12.9. The molecule has 0 aliphatic carbocycles. The van der Waals surface area contributed by atoms with Gasteiger partial charge in [0.2, 0.25) is 5.91 Å². The fourth-order valence-electron chi connectivity index (χ4n) is 3.53. The molecule has 3 aromatic rings. The Kier molecular flexibility index (Phi) is 6.91. The molecular weight excluding hydrogens is 463 g/mol. The summed E-state index contributed by atoms with van der Waals surface area (Å²) in [5.41, 5.74) is 1.59. The summed E-state index contributed by atoms with van der Waals surface area (Å²) in [4.78, 5) is 43.6. The summed E-state index contributed by atoms with van der Waals surface area (Å²) < 4.78 is 0. The topological polar surface area (TPSA) is 91.4 Å². The first-order valence-electron chi connectivity index (χ1n) is 10.4. The second kappa shape index (κ2) is 10.0. The molecule has 1 fully saturated rings. The second-order valence-corrected chi connectivity index (χ2v) is 8.32. The van der Waals surface area contributed by atoms with Crippen LogP contribution in [-0.2, 0) is 4.79 Å². The van der Waals surface area contributed by atoms with E-state index in [1.807, 2.05) is 0 Å². The molecule has 7 nitrogen and oxygen atoms in total. The van der Waals surface area contributed by atoms with E-state index in [2.05, 4.69) is 15.6 Å². The highest BCUT2D eigenvalue weighted by atomic mass is 35.5. The predicted molar refractivity (Wildman–Crippen MR) is 129 cm³/mol. The molecule has 0 radical (unpaired) electrons. The van der Waals surface area contributed by atoms with Gasteiger partial charge < -0.3 is 15.5 Å². The van der Waals surface area contributed by atoms with Crippen molar-refractivity contribution >= 4 is 58.1 Å². The first-order valence-corrected chi connectivity index (χ1v) is 11.1. The van der Waals surface area contributed by atoms with Crippen molar-refractivity contribution in [3.8, 4) is 0 Å². The second-order valence-electron chi connectivity index (χ2n) is 7.48. The Morgan fingerprint density at radius 1 is 0.939 bits per heavy atom. The smallest absolute Gasteiger partial charge is 0.259 e. The van der Waals surface area contributed by atoms with Gasteiger partial charge in [-0.05, 0) is 67.4 Å². The van der Waals surface area contributed by atoms with Crippen molar-refractivity contribution in [1.82, 2.24) is 4.98 Å². The van der Waals surface area contributed by atoms with Gasteiger partial charge in [0.15, 0.2) is 5.82 Å². The van der Waals surface area contributed by atoms with E-state index in [9.17, 15) is 14.4 Å². The van der Waals surface area contributed by atoms with E-state index < -0.39 is 11.8 Å². The normalized spacial score (nSPS) is 13.5. The Bertz CT molecular complexity index is 1210. The Labute approximate surface area is 200 Å². The van der Waals surface area contributed by atoms with Crippen LogP contribution in [0, 0.1) is 0 Å². The summed E-state index contributed by atoms with van der Waals surface area (Å²) in [6.45, 7) is 0.675. The number of nitrogens with one attached hydrogen (secondary N) is 2. The molecule has 1 saturated heterocycles. The predicted octanol–water partition coefficient (Wildman–Crippen LogP) is 5.41. The highest BCUT2D eigenvalue weighted by molar-refractivity contribution is 6.34. The van der Waals surface area contributed by atoms with Gasteiger partial charge in [0, 0.05) is 35.4 Å². The number of benzene rings is 2. The number of nitrogens with zero attached hydrogens (tertiary/aromatic N) is 2.